The zero-order valence-corrected chi connectivity index (χ0v) is 16.3. The van der Waals surface area contributed by atoms with Gasteiger partial charge >= 0.3 is 0 Å². The summed E-state index contributed by atoms with van der Waals surface area (Å²) in [5, 5.41) is 1.60. The van der Waals surface area contributed by atoms with Crippen molar-refractivity contribution in [1.29, 1.82) is 0 Å². The van der Waals surface area contributed by atoms with Crippen molar-refractivity contribution in [3.63, 3.8) is 0 Å². The third kappa shape index (κ3) is 3.38. The van der Waals surface area contributed by atoms with Crippen molar-refractivity contribution in [3.05, 3.63) is 58.4 Å². The highest BCUT2D eigenvalue weighted by Gasteiger charge is 2.16. The maximum absolute atomic E-state index is 13.3. The highest BCUT2D eigenvalue weighted by Crippen LogP contribution is 2.37. The third-order valence-electron chi connectivity index (χ3n) is 4.14. The fourth-order valence-corrected chi connectivity index (χ4v) is 4.17. The Hall–Kier alpha value is -2.57. The van der Waals surface area contributed by atoms with Crippen LogP contribution in [0, 0.1) is 5.82 Å². The summed E-state index contributed by atoms with van der Waals surface area (Å²) in [6.07, 6.45) is 1.51. The van der Waals surface area contributed by atoms with Crippen LogP contribution in [-0.4, -0.2) is 15.0 Å². The SMILES string of the molecule is CC(C)c1nc2c(Cl)cc(-c3ncc(N)nc3-c3ccc(F)cc3)cc2s1. The van der Waals surface area contributed by atoms with Crippen LogP contribution >= 0.6 is 22.9 Å². The number of rotatable bonds is 3. The summed E-state index contributed by atoms with van der Waals surface area (Å²) in [7, 11) is 0. The second-order valence-electron chi connectivity index (χ2n) is 6.51. The van der Waals surface area contributed by atoms with Gasteiger partial charge in [-0.25, -0.2) is 14.4 Å². The Morgan fingerprint density at radius 3 is 2.48 bits per heavy atom. The van der Waals surface area contributed by atoms with Crippen LogP contribution in [0.2, 0.25) is 5.02 Å². The average Bonchev–Trinajstić information content (AvgIpc) is 3.07. The second kappa shape index (κ2) is 6.87. The van der Waals surface area contributed by atoms with E-state index in [4.69, 9.17) is 17.3 Å². The van der Waals surface area contributed by atoms with Gasteiger partial charge in [0.15, 0.2) is 0 Å². The van der Waals surface area contributed by atoms with Crippen LogP contribution in [0.3, 0.4) is 0 Å². The number of hydrogen-bond donors (Lipinski definition) is 1. The molecule has 4 rings (SSSR count). The van der Waals surface area contributed by atoms with Gasteiger partial charge in [-0.05, 0) is 36.4 Å². The van der Waals surface area contributed by atoms with Gasteiger partial charge in [0, 0.05) is 17.0 Å². The molecular formula is C20H16ClFN4S. The van der Waals surface area contributed by atoms with Crippen molar-refractivity contribution >= 4 is 39.0 Å². The lowest BCUT2D eigenvalue weighted by Gasteiger charge is -2.10. The van der Waals surface area contributed by atoms with Crippen molar-refractivity contribution in [2.75, 3.05) is 5.73 Å². The average molecular weight is 399 g/mol. The number of anilines is 1. The molecule has 4 nitrogen and oxygen atoms in total. The summed E-state index contributed by atoms with van der Waals surface area (Å²) in [6.45, 7) is 4.20. The fraction of sp³-hybridized carbons (Fsp3) is 0.150. The molecule has 27 heavy (non-hydrogen) atoms. The number of thiazole rings is 1. The molecule has 2 aromatic carbocycles. The highest BCUT2D eigenvalue weighted by molar-refractivity contribution is 7.18. The molecule has 0 aliphatic rings. The largest absolute Gasteiger partial charge is 0.382 e. The lowest BCUT2D eigenvalue weighted by molar-refractivity contribution is 0.628. The van der Waals surface area contributed by atoms with Gasteiger partial charge in [-0.15, -0.1) is 11.3 Å². The maximum Gasteiger partial charge on any atom is 0.142 e. The lowest BCUT2D eigenvalue weighted by atomic mass is 10.0. The molecule has 0 aliphatic carbocycles. The zero-order chi connectivity index (χ0) is 19.1. The van der Waals surface area contributed by atoms with Crippen LogP contribution in [0.15, 0.2) is 42.6 Å². The number of nitrogens with zero attached hydrogens (tertiary/aromatic N) is 3. The molecule has 0 saturated heterocycles. The van der Waals surface area contributed by atoms with Crippen molar-refractivity contribution in [2.24, 2.45) is 0 Å². The second-order valence-corrected chi connectivity index (χ2v) is 7.98. The van der Waals surface area contributed by atoms with E-state index in [1.165, 1.54) is 18.3 Å². The van der Waals surface area contributed by atoms with Crippen LogP contribution in [0.25, 0.3) is 32.7 Å². The minimum Gasteiger partial charge on any atom is -0.382 e. The summed E-state index contributed by atoms with van der Waals surface area (Å²) in [5.41, 5.74) is 9.41. The fourth-order valence-electron chi connectivity index (χ4n) is 2.81. The third-order valence-corrected chi connectivity index (χ3v) is 5.73. The van der Waals surface area contributed by atoms with Crippen molar-refractivity contribution in [2.45, 2.75) is 19.8 Å². The van der Waals surface area contributed by atoms with E-state index in [1.54, 1.807) is 23.5 Å². The Morgan fingerprint density at radius 2 is 1.78 bits per heavy atom. The first-order chi connectivity index (χ1) is 12.9. The molecule has 2 N–H and O–H groups in total. The molecule has 0 radical (unpaired) electrons. The van der Waals surface area contributed by atoms with Crippen LogP contribution in [0.1, 0.15) is 24.8 Å². The van der Waals surface area contributed by atoms with Gasteiger partial charge in [-0.2, -0.15) is 0 Å². The Bertz CT molecular complexity index is 1140. The van der Waals surface area contributed by atoms with E-state index in [0.29, 0.717) is 28.1 Å². The van der Waals surface area contributed by atoms with Gasteiger partial charge in [-0.1, -0.05) is 25.4 Å². The van der Waals surface area contributed by atoms with E-state index in [2.05, 4.69) is 28.8 Å². The highest BCUT2D eigenvalue weighted by atomic mass is 35.5. The molecule has 2 aromatic heterocycles. The Kier molecular flexibility index (Phi) is 4.53. The normalized spacial score (nSPS) is 11.4. The molecule has 7 heteroatoms. The number of fused-ring (bicyclic) bond motifs is 1. The molecular weight excluding hydrogens is 383 g/mol. The monoisotopic (exact) mass is 398 g/mol. The van der Waals surface area contributed by atoms with E-state index >= 15 is 0 Å². The van der Waals surface area contributed by atoms with Crippen LogP contribution in [0.5, 0.6) is 0 Å². The Labute approximate surface area is 164 Å². The summed E-state index contributed by atoms with van der Waals surface area (Å²) in [4.78, 5) is 13.6. The quantitative estimate of drug-likeness (QED) is 0.465. The Morgan fingerprint density at radius 1 is 1.04 bits per heavy atom. The maximum atomic E-state index is 13.3. The van der Waals surface area contributed by atoms with Crippen LogP contribution in [0.4, 0.5) is 10.2 Å². The number of hydrogen-bond acceptors (Lipinski definition) is 5. The van der Waals surface area contributed by atoms with Crippen LogP contribution in [-0.2, 0) is 0 Å². The molecule has 0 atom stereocenters. The van der Waals surface area contributed by atoms with Gasteiger partial charge in [0.2, 0.25) is 0 Å². The zero-order valence-electron chi connectivity index (χ0n) is 14.7. The molecule has 4 aromatic rings. The lowest BCUT2D eigenvalue weighted by Crippen LogP contribution is -1.98. The molecule has 2 heterocycles. The van der Waals surface area contributed by atoms with E-state index in [-0.39, 0.29) is 5.82 Å². The Balaban J connectivity index is 1.92. The van der Waals surface area contributed by atoms with Gasteiger partial charge < -0.3 is 5.73 Å². The summed E-state index contributed by atoms with van der Waals surface area (Å²) in [5.74, 6) is 0.311. The van der Waals surface area contributed by atoms with E-state index < -0.39 is 0 Å². The van der Waals surface area contributed by atoms with Crippen molar-refractivity contribution in [3.8, 4) is 22.5 Å². The number of nitrogens with two attached hydrogens (primary N) is 1. The summed E-state index contributed by atoms with van der Waals surface area (Å²) < 4.78 is 14.3. The van der Waals surface area contributed by atoms with E-state index in [0.717, 1.165) is 26.4 Å². The molecule has 0 amide bonds. The first-order valence-corrected chi connectivity index (χ1v) is 9.60. The number of benzene rings is 2. The predicted molar refractivity (Wildman–Crippen MR) is 110 cm³/mol. The van der Waals surface area contributed by atoms with E-state index in [9.17, 15) is 4.39 Å². The molecule has 0 saturated carbocycles. The molecule has 0 spiro atoms. The van der Waals surface area contributed by atoms with Gasteiger partial charge in [0.05, 0.1) is 32.3 Å². The molecule has 0 bridgehead atoms. The minimum atomic E-state index is -0.312. The summed E-state index contributed by atoms with van der Waals surface area (Å²) in [6, 6.07) is 9.94. The van der Waals surface area contributed by atoms with E-state index in [1.807, 2.05) is 12.1 Å². The van der Waals surface area contributed by atoms with Crippen LogP contribution < -0.4 is 5.73 Å². The minimum absolute atomic E-state index is 0.296. The van der Waals surface area contributed by atoms with Gasteiger partial charge in [0.1, 0.15) is 17.2 Å². The smallest absolute Gasteiger partial charge is 0.142 e. The standard InChI is InChI=1S/C20H16ClFN4S/c1-10(2)20-26-19-14(21)7-12(8-15(19)27-20)17-18(25-16(23)9-24-17)11-3-5-13(22)6-4-11/h3-10H,1-2H3,(H2,23,25). The number of nitrogen functional groups attached to an aromatic ring is 1. The number of halogens is 2. The topological polar surface area (TPSA) is 64.7 Å². The predicted octanol–water partition coefficient (Wildman–Crippen LogP) is 5.92. The van der Waals surface area contributed by atoms with Crippen molar-refractivity contribution < 1.29 is 4.39 Å². The van der Waals surface area contributed by atoms with Gasteiger partial charge in [0.25, 0.3) is 0 Å². The number of aromatic nitrogens is 3. The van der Waals surface area contributed by atoms with Gasteiger partial charge in [-0.3, -0.25) is 4.98 Å². The first kappa shape index (κ1) is 17.8. The molecule has 136 valence electrons. The molecule has 0 aliphatic heterocycles. The molecule has 0 unspecified atom stereocenters. The molecule has 0 fully saturated rings. The van der Waals surface area contributed by atoms with Crippen molar-refractivity contribution in [1.82, 2.24) is 15.0 Å². The first-order valence-electron chi connectivity index (χ1n) is 8.41. The summed E-state index contributed by atoms with van der Waals surface area (Å²) >= 11 is 8.12.